The van der Waals surface area contributed by atoms with Gasteiger partial charge in [-0.25, -0.2) is 0 Å². The molecule has 1 aromatic heterocycles. The molecule has 2 aromatic rings. The van der Waals surface area contributed by atoms with E-state index in [2.05, 4.69) is 10.4 Å². The van der Waals surface area contributed by atoms with Crippen molar-refractivity contribution in [1.82, 2.24) is 20.0 Å². The lowest BCUT2D eigenvalue weighted by atomic mass is 9.82. The lowest BCUT2D eigenvalue weighted by Gasteiger charge is -2.47. The highest BCUT2D eigenvalue weighted by Crippen LogP contribution is 2.32. The van der Waals surface area contributed by atoms with Gasteiger partial charge in [0.25, 0.3) is 5.91 Å². The van der Waals surface area contributed by atoms with Crippen molar-refractivity contribution in [3.8, 4) is 0 Å². The van der Waals surface area contributed by atoms with E-state index in [1.807, 2.05) is 31.3 Å². The third kappa shape index (κ3) is 2.53. The van der Waals surface area contributed by atoms with Crippen molar-refractivity contribution in [3.63, 3.8) is 0 Å². The van der Waals surface area contributed by atoms with Crippen LogP contribution in [0.15, 0.2) is 24.3 Å². The van der Waals surface area contributed by atoms with Crippen molar-refractivity contribution < 1.29 is 8.91 Å². The molecule has 2 aliphatic rings. The van der Waals surface area contributed by atoms with Gasteiger partial charge in [0.05, 0.1) is 5.52 Å². The average molecular weight is 315 g/mol. The van der Waals surface area contributed by atoms with Gasteiger partial charge < -0.3 is 10.2 Å². The molecule has 2 aliphatic heterocycles. The van der Waals surface area contributed by atoms with Gasteiger partial charge in [-0.1, -0.05) is 24.6 Å². The van der Waals surface area contributed by atoms with Crippen molar-refractivity contribution in [2.24, 2.45) is 7.05 Å². The molecular formula is C18H24N4O. The Morgan fingerprint density at radius 2 is 2.04 bits per heavy atom. The van der Waals surface area contributed by atoms with Crippen LogP contribution in [0.1, 0.15) is 46.7 Å². The van der Waals surface area contributed by atoms with Gasteiger partial charge in [0.2, 0.25) is 0 Å². The molecule has 0 spiro atoms. The van der Waals surface area contributed by atoms with Gasteiger partial charge in [-0.2, -0.15) is 5.10 Å². The number of carbonyl (C=O) groups excluding carboxylic acids is 1. The highest BCUT2D eigenvalue weighted by atomic mass is 16.2. The molecule has 23 heavy (non-hydrogen) atoms. The lowest BCUT2D eigenvalue weighted by molar-refractivity contribution is 0.0462. The number of para-hydroxylation sites is 1. The first-order chi connectivity index (χ1) is 12.3. The first-order valence-electron chi connectivity index (χ1n) is 9.85. The number of benzene rings is 1. The predicted octanol–water partition coefficient (Wildman–Crippen LogP) is 2.32. The summed E-state index contributed by atoms with van der Waals surface area (Å²) in [6.07, 6.45) is 4.20. The minimum atomic E-state index is -2.05. The van der Waals surface area contributed by atoms with Crippen LogP contribution < -0.4 is 5.32 Å². The molecule has 5 heteroatoms. The zero-order chi connectivity index (χ0) is 18.5. The molecule has 5 nitrogen and oxygen atoms in total. The van der Waals surface area contributed by atoms with Crippen LogP contribution in [0.3, 0.4) is 0 Å². The average Bonchev–Trinajstić information content (AvgIpc) is 2.91. The van der Waals surface area contributed by atoms with E-state index in [1.54, 1.807) is 9.58 Å². The topological polar surface area (TPSA) is 50.2 Å². The molecular weight excluding hydrogens is 288 g/mol. The van der Waals surface area contributed by atoms with Crippen LogP contribution in [-0.2, 0) is 7.05 Å². The number of hydrogen-bond donors (Lipinski definition) is 1. The summed E-state index contributed by atoms with van der Waals surface area (Å²) in [5, 5.41) is 8.34. The Morgan fingerprint density at radius 3 is 2.78 bits per heavy atom. The molecule has 2 atom stereocenters. The quantitative estimate of drug-likeness (QED) is 0.925. The molecule has 2 saturated heterocycles. The van der Waals surface area contributed by atoms with Gasteiger partial charge in [0.15, 0.2) is 5.69 Å². The molecule has 122 valence electrons. The number of fused-ring (bicyclic) bond motifs is 3. The van der Waals surface area contributed by atoms with E-state index in [9.17, 15) is 4.79 Å². The van der Waals surface area contributed by atoms with E-state index >= 15 is 0 Å². The van der Waals surface area contributed by atoms with E-state index in [4.69, 9.17) is 4.11 Å². The molecule has 2 bridgehead atoms. The monoisotopic (exact) mass is 315 g/mol. The van der Waals surface area contributed by atoms with Crippen LogP contribution in [0.4, 0.5) is 0 Å². The molecule has 1 N–H and O–H groups in total. The van der Waals surface area contributed by atoms with E-state index in [1.165, 1.54) is 0 Å². The van der Waals surface area contributed by atoms with Gasteiger partial charge in [0, 0.05) is 34.7 Å². The fraction of sp³-hybridized carbons (Fsp3) is 0.556. The SMILES string of the molecule is [2H]C([2H])([2H])N1[C@@H]2CCC[C@@H]1CC(NC(=O)c1nn(C)c3ccccc13)C2. The van der Waals surface area contributed by atoms with Crippen LogP contribution in [0.25, 0.3) is 10.9 Å². The summed E-state index contributed by atoms with van der Waals surface area (Å²) in [4.78, 5) is 14.5. The fourth-order valence-corrected chi connectivity index (χ4v) is 4.13. The lowest BCUT2D eigenvalue weighted by Crippen LogP contribution is -2.55. The second-order valence-electron chi connectivity index (χ2n) is 6.78. The maximum absolute atomic E-state index is 12.8. The highest BCUT2D eigenvalue weighted by Gasteiger charge is 2.36. The Labute approximate surface area is 140 Å². The van der Waals surface area contributed by atoms with Crippen molar-refractivity contribution in [1.29, 1.82) is 0 Å². The second kappa shape index (κ2) is 5.64. The Balaban J connectivity index is 1.52. The number of rotatable bonds is 2. The van der Waals surface area contributed by atoms with Gasteiger partial charge in [-0.3, -0.25) is 9.48 Å². The maximum Gasteiger partial charge on any atom is 0.272 e. The van der Waals surface area contributed by atoms with Crippen LogP contribution in [0.2, 0.25) is 0 Å². The Hall–Kier alpha value is -1.88. The third-order valence-corrected chi connectivity index (χ3v) is 5.28. The van der Waals surface area contributed by atoms with Crippen molar-refractivity contribution >= 4 is 16.8 Å². The summed E-state index contributed by atoms with van der Waals surface area (Å²) < 4.78 is 25.2. The summed E-state index contributed by atoms with van der Waals surface area (Å²) in [6, 6.07) is 7.71. The van der Waals surface area contributed by atoms with Gasteiger partial charge in [0.1, 0.15) is 0 Å². The maximum atomic E-state index is 12.8. The zero-order valence-corrected chi connectivity index (χ0v) is 13.3. The van der Waals surface area contributed by atoms with Crippen LogP contribution in [0, 0.1) is 0 Å². The standard InChI is InChI=1S/C18H24N4O/c1-21-13-6-5-7-14(21)11-12(10-13)19-18(23)17-15-8-3-4-9-16(15)22(2)20-17/h3-4,8-9,12-14H,5-7,10-11H2,1-2H3,(H,19,23)/t13-,14-/m1/s1/i1D3. The van der Waals surface area contributed by atoms with Crippen molar-refractivity contribution in [2.45, 2.75) is 50.2 Å². The number of nitrogens with zero attached hydrogens (tertiary/aromatic N) is 3. The van der Waals surface area contributed by atoms with Crippen molar-refractivity contribution in [3.05, 3.63) is 30.0 Å². The second-order valence-corrected chi connectivity index (χ2v) is 6.78. The van der Waals surface area contributed by atoms with Gasteiger partial charge in [-0.15, -0.1) is 0 Å². The summed E-state index contributed by atoms with van der Waals surface area (Å²) in [5.74, 6) is -0.174. The molecule has 1 aromatic carbocycles. The molecule has 1 amide bonds. The molecule has 0 aliphatic carbocycles. The van der Waals surface area contributed by atoms with E-state index in [-0.39, 0.29) is 24.0 Å². The number of aryl methyl sites for hydroxylation is 1. The number of nitrogens with one attached hydrogen (secondary N) is 1. The first kappa shape index (κ1) is 11.6. The Bertz CT molecular complexity index is 817. The Kier molecular flexibility index (Phi) is 2.85. The molecule has 0 saturated carbocycles. The number of amides is 1. The van der Waals surface area contributed by atoms with Gasteiger partial charge in [-0.05, 0) is 38.7 Å². The molecule has 4 rings (SSSR count). The van der Waals surface area contributed by atoms with E-state index in [0.29, 0.717) is 18.5 Å². The zero-order valence-electron chi connectivity index (χ0n) is 16.3. The van der Waals surface area contributed by atoms with E-state index < -0.39 is 6.98 Å². The van der Waals surface area contributed by atoms with Crippen LogP contribution in [-0.4, -0.2) is 45.7 Å². The number of piperidine rings is 2. The largest absolute Gasteiger partial charge is 0.348 e. The summed E-state index contributed by atoms with van der Waals surface area (Å²) in [6.45, 7) is -2.05. The highest BCUT2D eigenvalue weighted by molar-refractivity contribution is 6.04. The fourth-order valence-electron chi connectivity index (χ4n) is 4.13. The predicted molar refractivity (Wildman–Crippen MR) is 90.4 cm³/mol. The molecule has 0 radical (unpaired) electrons. The minimum absolute atomic E-state index is 0.00262. The van der Waals surface area contributed by atoms with Crippen molar-refractivity contribution in [2.75, 3.05) is 6.98 Å². The normalized spacial score (nSPS) is 30.5. The Morgan fingerprint density at radius 1 is 1.30 bits per heavy atom. The molecule has 0 unspecified atom stereocenters. The van der Waals surface area contributed by atoms with Crippen LogP contribution >= 0.6 is 0 Å². The third-order valence-electron chi connectivity index (χ3n) is 5.28. The minimum Gasteiger partial charge on any atom is -0.348 e. The number of hydrogen-bond acceptors (Lipinski definition) is 3. The molecule has 3 heterocycles. The summed E-state index contributed by atoms with van der Waals surface area (Å²) >= 11 is 0. The van der Waals surface area contributed by atoms with Gasteiger partial charge >= 0.3 is 0 Å². The molecule has 2 fully saturated rings. The smallest absolute Gasteiger partial charge is 0.272 e. The summed E-state index contributed by atoms with van der Waals surface area (Å²) in [7, 11) is 1.83. The summed E-state index contributed by atoms with van der Waals surface area (Å²) in [5.41, 5.74) is 1.36. The van der Waals surface area contributed by atoms with E-state index in [0.717, 1.165) is 30.2 Å². The number of aromatic nitrogens is 2. The first-order valence-corrected chi connectivity index (χ1v) is 8.35. The number of carbonyl (C=O) groups is 1. The van der Waals surface area contributed by atoms with Crippen LogP contribution in [0.5, 0.6) is 0 Å².